The van der Waals surface area contributed by atoms with Crippen LogP contribution in [0.5, 0.6) is 0 Å². The molecule has 1 fully saturated rings. The zero-order valence-electron chi connectivity index (χ0n) is 16.2. The molecule has 0 atom stereocenters. The third kappa shape index (κ3) is 8.15. The summed E-state index contributed by atoms with van der Waals surface area (Å²) in [6.45, 7) is 6.05. The molecule has 1 aromatic carbocycles. The molecular weight excluding hydrogens is 366 g/mol. The van der Waals surface area contributed by atoms with Crippen molar-refractivity contribution in [3.63, 3.8) is 0 Å². The van der Waals surface area contributed by atoms with Crippen LogP contribution in [0.3, 0.4) is 0 Å². The van der Waals surface area contributed by atoms with Gasteiger partial charge in [-0.2, -0.15) is 0 Å². The van der Waals surface area contributed by atoms with Gasteiger partial charge in [0.15, 0.2) is 5.96 Å². The number of likely N-dealkylation sites (N-methyl/N-ethyl adjacent to an activating group) is 1. The molecule has 2 rings (SSSR count). The van der Waals surface area contributed by atoms with Gasteiger partial charge in [0.1, 0.15) is 0 Å². The Bertz CT molecular complexity index is 618. The van der Waals surface area contributed by atoms with Crippen molar-refractivity contribution >= 4 is 23.5 Å². The van der Waals surface area contributed by atoms with Crippen LogP contribution < -0.4 is 10.6 Å². The van der Waals surface area contributed by atoms with Crippen LogP contribution in [0, 0.1) is 0 Å². The lowest BCUT2D eigenvalue weighted by Gasteiger charge is -2.26. The first-order chi connectivity index (χ1) is 13.1. The maximum Gasteiger partial charge on any atom is 0.241 e. The molecule has 27 heavy (non-hydrogen) atoms. The Morgan fingerprint density at radius 3 is 2.70 bits per heavy atom. The Labute approximate surface area is 166 Å². The first-order valence-corrected chi connectivity index (χ1v) is 9.70. The molecule has 0 radical (unpaired) electrons. The molecule has 1 aromatic rings. The normalized spacial score (nSPS) is 15.4. The fraction of sp³-hybridized carbons (Fsp3) is 0.579. The summed E-state index contributed by atoms with van der Waals surface area (Å²) in [5, 5.41) is 7.10. The fourth-order valence-corrected chi connectivity index (χ4v) is 2.81. The molecule has 1 saturated heterocycles. The number of aliphatic imine (C=N–C) groups is 1. The van der Waals surface area contributed by atoms with E-state index in [2.05, 4.69) is 20.5 Å². The quantitative estimate of drug-likeness (QED) is 0.393. The van der Waals surface area contributed by atoms with Gasteiger partial charge in [-0.1, -0.05) is 29.8 Å². The van der Waals surface area contributed by atoms with E-state index in [0.29, 0.717) is 17.5 Å². The number of hydrogen-bond donors (Lipinski definition) is 2. The lowest BCUT2D eigenvalue weighted by Crippen LogP contribution is -2.44. The van der Waals surface area contributed by atoms with E-state index in [1.54, 1.807) is 19.0 Å². The fourth-order valence-electron chi connectivity index (χ4n) is 2.62. The van der Waals surface area contributed by atoms with Gasteiger partial charge in [0.05, 0.1) is 26.3 Å². The number of ether oxygens (including phenoxy) is 1. The number of nitrogens with one attached hydrogen (secondary N) is 2. The van der Waals surface area contributed by atoms with E-state index < -0.39 is 0 Å². The molecule has 150 valence electrons. The van der Waals surface area contributed by atoms with Crippen LogP contribution in [-0.2, 0) is 16.1 Å². The van der Waals surface area contributed by atoms with Crippen LogP contribution in [0.2, 0.25) is 5.02 Å². The number of guanidine groups is 1. The van der Waals surface area contributed by atoms with Crippen molar-refractivity contribution in [3.8, 4) is 0 Å². The second-order valence-corrected chi connectivity index (χ2v) is 7.04. The highest BCUT2D eigenvalue weighted by Crippen LogP contribution is 2.15. The number of nitrogens with zero attached hydrogens (tertiary/aromatic N) is 3. The van der Waals surface area contributed by atoms with Crippen LogP contribution in [0.25, 0.3) is 0 Å². The molecular formula is C19H30ClN5O2. The van der Waals surface area contributed by atoms with Crippen LogP contribution in [-0.4, -0.2) is 81.7 Å². The maximum absolute atomic E-state index is 11.9. The van der Waals surface area contributed by atoms with E-state index in [-0.39, 0.29) is 12.5 Å². The van der Waals surface area contributed by atoms with Gasteiger partial charge in [-0.15, -0.1) is 0 Å². The highest BCUT2D eigenvalue weighted by Gasteiger charge is 2.10. The molecule has 0 unspecified atom stereocenters. The second kappa shape index (κ2) is 11.8. The van der Waals surface area contributed by atoms with E-state index in [1.165, 1.54) is 0 Å². The molecule has 0 bridgehead atoms. The molecule has 1 amide bonds. The second-order valence-electron chi connectivity index (χ2n) is 6.63. The first-order valence-electron chi connectivity index (χ1n) is 9.32. The number of rotatable bonds is 8. The summed E-state index contributed by atoms with van der Waals surface area (Å²) in [6.07, 6.45) is 0.994. The van der Waals surface area contributed by atoms with Crippen LogP contribution in [0.4, 0.5) is 0 Å². The van der Waals surface area contributed by atoms with Gasteiger partial charge in [0.25, 0.3) is 0 Å². The van der Waals surface area contributed by atoms with E-state index in [9.17, 15) is 4.79 Å². The summed E-state index contributed by atoms with van der Waals surface area (Å²) in [5.74, 6) is 0.614. The van der Waals surface area contributed by atoms with Gasteiger partial charge in [-0.05, 0) is 24.6 Å². The summed E-state index contributed by atoms with van der Waals surface area (Å²) in [7, 11) is 3.47. The van der Waals surface area contributed by atoms with Crippen molar-refractivity contribution in [1.82, 2.24) is 20.4 Å². The molecule has 0 aliphatic carbocycles. The Morgan fingerprint density at radius 2 is 2.00 bits per heavy atom. The summed E-state index contributed by atoms with van der Waals surface area (Å²) in [6, 6.07) is 7.64. The lowest BCUT2D eigenvalue weighted by atomic mass is 10.2. The van der Waals surface area contributed by atoms with Gasteiger partial charge in [-0.3, -0.25) is 9.69 Å². The molecule has 2 N–H and O–H groups in total. The topological polar surface area (TPSA) is 69.2 Å². The average Bonchev–Trinajstić information content (AvgIpc) is 2.68. The standard InChI is InChI=1S/C19H30ClN5O2/c1-24(2)18(26)15-23-19(22-14-16-6-3-4-7-17(16)20)21-8-5-9-25-10-12-27-13-11-25/h3-4,6-7H,5,8-15H2,1-2H3,(H2,21,22,23). The Kier molecular flexibility index (Phi) is 9.38. The number of amides is 1. The van der Waals surface area contributed by atoms with E-state index in [1.807, 2.05) is 24.3 Å². The summed E-state index contributed by atoms with van der Waals surface area (Å²) < 4.78 is 5.37. The Balaban J connectivity index is 1.85. The van der Waals surface area contributed by atoms with Gasteiger partial charge in [-0.25, -0.2) is 4.99 Å². The van der Waals surface area contributed by atoms with Crippen molar-refractivity contribution in [2.45, 2.75) is 13.0 Å². The van der Waals surface area contributed by atoms with Crippen molar-refractivity contribution < 1.29 is 9.53 Å². The smallest absolute Gasteiger partial charge is 0.241 e. The van der Waals surface area contributed by atoms with Crippen molar-refractivity contribution in [2.24, 2.45) is 4.99 Å². The number of benzene rings is 1. The SMILES string of the molecule is CN(C)C(=O)CNC(=NCc1ccccc1Cl)NCCCN1CCOCC1. The molecule has 0 spiro atoms. The van der Waals surface area contributed by atoms with E-state index >= 15 is 0 Å². The number of halogens is 1. The third-order valence-corrected chi connectivity index (χ3v) is 4.69. The zero-order valence-corrected chi connectivity index (χ0v) is 17.0. The minimum absolute atomic E-state index is 0.00411. The predicted octanol–water partition coefficient (Wildman–Crippen LogP) is 1.19. The van der Waals surface area contributed by atoms with E-state index in [0.717, 1.165) is 51.4 Å². The van der Waals surface area contributed by atoms with E-state index in [4.69, 9.17) is 16.3 Å². The highest BCUT2D eigenvalue weighted by molar-refractivity contribution is 6.31. The van der Waals surface area contributed by atoms with Crippen molar-refractivity contribution in [2.75, 3.05) is 60.0 Å². The maximum atomic E-state index is 11.9. The predicted molar refractivity (Wildman–Crippen MR) is 109 cm³/mol. The van der Waals surface area contributed by atoms with Gasteiger partial charge in [0.2, 0.25) is 5.91 Å². The summed E-state index contributed by atoms with van der Waals surface area (Å²) in [5.41, 5.74) is 0.951. The summed E-state index contributed by atoms with van der Waals surface area (Å²) in [4.78, 5) is 20.4. The van der Waals surface area contributed by atoms with Gasteiger partial charge >= 0.3 is 0 Å². The Morgan fingerprint density at radius 1 is 1.26 bits per heavy atom. The number of carbonyl (C=O) groups excluding carboxylic acids is 1. The molecule has 1 aliphatic heterocycles. The molecule has 1 aliphatic rings. The average molecular weight is 396 g/mol. The van der Waals surface area contributed by atoms with Crippen molar-refractivity contribution in [1.29, 1.82) is 0 Å². The zero-order chi connectivity index (χ0) is 19.5. The largest absolute Gasteiger partial charge is 0.379 e. The molecule has 0 saturated carbocycles. The number of morpholine rings is 1. The van der Waals surface area contributed by atoms with Crippen molar-refractivity contribution in [3.05, 3.63) is 34.9 Å². The molecule has 8 heteroatoms. The Hall–Kier alpha value is -1.83. The molecule has 0 aromatic heterocycles. The minimum Gasteiger partial charge on any atom is -0.379 e. The van der Waals surface area contributed by atoms with Crippen LogP contribution in [0.15, 0.2) is 29.3 Å². The van der Waals surface area contributed by atoms with Gasteiger partial charge < -0.3 is 20.3 Å². The molecule has 1 heterocycles. The molecule has 7 nitrogen and oxygen atoms in total. The number of hydrogen-bond acceptors (Lipinski definition) is 4. The third-order valence-electron chi connectivity index (χ3n) is 4.32. The van der Waals surface area contributed by atoms with Gasteiger partial charge in [0, 0.05) is 38.8 Å². The monoisotopic (exact) mass is 395 g/mol. The first kappa shape index (κ1) is 21.5. The van der Waals surface area contributed by atoms with Crippen LogP contribution >= 0.6 is 11.6 Å². The number of carbonyl (C=O) groups is 1. The lowest BCUT2D eigenvalue weighted by molar-refractivity contribution is -0.127. The van der Waals surface area contributed by atoms with Crippen LogP contribution in [0.1, 0.15) is 12.0 Å². The highest BCUT2D eigenvalue weighted by atomic mass is 35.5. The minimum atomic E-state index is -0.00411. The summed E-state index contributed by atoms with van der Waals surface area (Å²) >= 11 is 6.20.